The molecule has 4 rings (SSSR count). The lowest BCUT2D eigenvalue weighted by Crippen LogP contribution is -2.46. The van der Waals surface area contributed by atoms with Gasteiger partial charge in [-0.25, -0.2) is 34.3 Å². The first-order chi connectivity index (χ1) is 20.7. The molecule has 1 unspecified atom stereocenters. The van der Waals surface area contributed by atoms with Crippen LogP contribution in [0.1, 0.15) is 29.8 Å². The molecular weight excluding hydrogens is 584 g/mol. The van der Waals surface area contributed by atoms with E-state index in [-0.39, 0.29) is 25.7 Å². The van der Waals surface area contributed by atoms with Crippen LogP contribution >= 0.6 is 0 Å². The normalized spacial score (nSPS) is 17.6. The second kappa shape index (κ2) is 12.9. The second-order valence-corrected chi connectivity index (χ2v) is 10.1. The topological polar surface area (TPSA) is 313 Å². The average Bonchev–Trinajstić information content (AvgIpc) is 3.75. The van der Waals surface area contributed by atoms with E-state index in [0.29, 0.717) is 22.8 Å². The summed E-state index contributed by atoms with van der Waals surface area (Å²) in [6.45, 7) is 0. The number of aliphatic carboxylic acids is 4. The summed E-state index contributed by atoms with van der Waals surface area (Å²) in [5, 5.41) is 40.5. The van der Waals surface area contributed by atoms with E-state index >= 15 is 0 Å². The Labute approximate surface area is 248 Å². The highest BCUT2D eigenvalue weighted by atomic mass is 16.4. The third-order valence-corrected chi connectivity index (χ3v) is 6.70. The minimum absolute atomic E-state index is 0.0813. The molecule has 20 nitrogen and oxygen atoms in total. The van der Waals surface area contributed by atoms with Gasteiger partial charge >= 0.3 is 23.9 Å². The molecule has 20 heteroatoms. The van der Waals surface area contributed by atoms with Gasteiger partial charge in [0.2, 0.25) is 6.29 Å². The minimum Gasteiger partial charge on any atom is -0.480 e. The maximum Gasteiger partial charge on any atom is 0.320 e. The number of hydrogen-bond donors (Lipinski definition) is 8. The standard InChI is InChI=1S/C24H32N12O8/c25-16(20(37)38)1-12-5-32(9-29-12)24-35(33-6-13(30-10-33)2-17(26)21(39)40)8-15(4-19(28)23(43)44)36(24)34-7-14(31-11-34)3-18(27)22(41)42/h5-11,16-19,24H,1-4,25-28H2,(H,37,38)(H,39,40)(H,41,42)(H,43,44)/t16-,17-,18-,19-,24?/m0/s1. The van der Waals surface area contributed by atoms with Crippen LogP contribution in [0.25, 0.3) is 0 Å². The monoisotopic (exact) mass is 616 g/mol. The van der Waals surface area contributed by atoms with Crippen LogP contribution in [0, 0.1) is 0 Å². The smallest absolute Gasteiger partial charge is 0.320 e. The van der Waals surface area contributed by atoms with E-state index in [2.05, 4.69) is 15.0 Å². The lowest BCUT2D eigenvalue weighted by atomic mass is 10.2. The number of nitrogens with two attached hydrogens (primary N) is 4. The van der Waals surface area contributed by atoms with Crippen molar-refractivity contribution in [2.75, 3.05) is 10.0 Å². The van der Waals surface area contributed by atoms with E-state index in [1.807, 2.05) is 0 Å². The minimum atomic E-state index is -1.33. The molecule has 236 valence electrons. The van der Waals surface area contributed by atoms with Crippen LogP contribution in [0.2, 0.25) is 0 Å². The van der Waals surface area contributed by atoms with Gasteiger partial charge in [0.05, 0.1) is 35.3 Å². The number of rotatable bonds is 15. The molecule has 3 aromatic heterocycles. The Morgan fingerprint density at radius 3 is 1.55 bits per heavy atom. The molecule has 0 radical (unpaired) electrons. The SMILES string of the molecule is N[C@@H](CC1=CN(n2cnc(C[C@H](N)C(=O)O)c2)C(n2cnc(C[C@H](N)C(=O)O)c2)N1n1cnc(C[C@H](N)C(=O)O)c1)C(=O)O. The zero-order chi connectivity index (χ0) is 32.3. The Hall–Kier alpha value is -5.31. The van der Waals surface area contributed by atoms with Crippen molar-refractivity contribution in [1.82, 2.24) is 28.9 Å². The van der Waals surface area contributed by atoms with Crippen molar-refractivity contribution >= 4 is 23.9 Å². The van der Waals surface area contributed by atoms with Crippen LogP contribution in [0.3, 0.4) is 0 Å². The van der Waals surface area contributed by atoms with Crippen molar-refractivity contribution < 1.29 is 39.6 Å². The summed E-state index contributed by atoms with van der Waals surface area (Å²) in [7, 11) is 0. The number of carbonyl (C=O) groups is 4. The van der Waals surface area contributed by atoms with Gasteiger partial charge < -0.3 is 43.4 Å². The lowest BCUT2D eigenvalue weighted by molar-refractivity contribution is -0.139. The third kappa shape index (κ3) is 7.00. The number of aromatic nitrogens is 6. The maximum atomic E-state index is 11.7. The molecule has 0 spiro atoms. The van der Waals surface area contributed by atoms with Crippen LogP contribution in [0.4, 0.5) is 0 Å². The summed E-state index contributed by atoms with van der Waals surface area (Å²) in [5.74, 6) is -4.91. The van der Waals surface area contributed by atoms with Crippen LogP contribution in [0.15, 0.2) is 49.5 Å². The van der Waals surface area contributed by atoms with Gasteiger partial charge in [0.25, 0.3) is 0 Å². The van der Waals surface area contributed by atoms with E-state index in [0.717, 1.165) is 0 Å². The van der Waals surface area contributed by atoms with Crippen molar-refractivity contribution in [3.05, 3.63) is 66.6 Å². The Kier molecular flexibility index (Phi) is 9.28. The van der Waals surface area contributed by atoms with Crippen molar-refractivity contribution in [3.8, 4) is 0 Å². The summed E-state index contributed by atoms with van der Waals surface area (Å²) in [5.41, 5.74) is 24.4. The molecule has 12 N–H and O–H groups in total. The van der Waals surface area contributed by atoms with Gasteiger partial charge in [-0.15, -0.1) is 0 Å². The van der Waals surface area contributed by atoms with Gasteiger partial charge in [0.1, 0.15) is 36.8 Å². The Morgan fingerprint density at radius 2 is 1.05 bits per heavy atom. The molecule has 44 heavy (non-hydrogen) atoms. The first-order valence-corrected chi connectivity index (χ1v) is 13.1. The Balaban J connectivity index is 1.79. The molecule has 0 saturated heterocycles. The van der Waals surface area contributed by atoms with Crippen LogP contribution in [-0.2, 0) is 38.4 Å². The van der Waals surface area contributed by atoms with Crippen LogP contribution in [0.5, 0.6) is 0 Å². The molecule has 1 aliphatic rings. The number of imidazole rings is 3. The molecule has 0 amide bonds. The third-order valence-electron chi connectivity index (χ3n) is 6.70. The largest absolute Gasteiger partial charge is 0.480 e. The molecule has 0 aromatic carbocycles. The number of carboxylic acid groups (broad SMARTS) is 4. The lowest BCUT2D eigenvalue weighted by Gasteiger charge is -2.35. The molecular formula is C24H32N12O8. The first kappa shape index (κ1) is 31.6. The fourth-order valence-corrected chi connectivity index (χ4v) is 4.42. The van der Waals surface area contributed by atoms with Crippen LogP contribution < -0.4 is 33.0 Å². The highest BCUT2D eigenvalue weighted by molar-refractivity contribution is 5.74. The van der Waals surface area contributed by atoms with Crippen molar-refractivity contribution in [2.45, 2.75) is 56.1 Å². The molecule has 0 saturated carbocycles. The molecule has 4 heterocycles. The van der Waals surface area contributed by atoms with E-state index in [4.69, 9.17) is 22.9 Å². The van der Waals surface area contributed by atoms with Gasteiger partial charge in [0, 0.05) is 44.3 Å². The predicted molar refractivity (Wildman–Crippen MR) is 148 cm³/mol. The summed E-state index contributed by atoms with van der Waals surface area (Å²) in [6.07, 6.45) is 9.01. The van der Waals surface area contributed by atoms with E-state index < -0.39 is 54.3 Å². The van der Waals surface area contributed by atoms with Crippen molar-refractivity contribution in [3.63, 3.8) is 0 Å². The number of carboxylic acids is 4. The highest BCUT2D eigenvalue weighted by Crippen LogP contribution is 2.31. The van der Waals surface area contributed by atoms with Crippen molar-refractivity contribution in [1.29, 1.82) is 0 Å². The van der Waals surface area contributed by atoms with Gasteiger partial charge in [-0.05, 0) is 0 Å². The first-order valence-electron chi connectivity index (χ1n) is 13.1. The summed E-state index contributed by atoms with van der Waals surface area (Å²) >= 11 is 0. The van der Waals surface area contributed by atoms with Crippen LogP contribution in [-0.4, -0.2) is 97.3 Å². The number of nitrogens with zero attached hydrogens (tertiary/aromatic N) is 8. The van der Waals surface area contributed by atoms with Gasteiger partial charge in [-0.3, -0.25) is 23.7 Å². The van der Waals surface area contributed by atoms with Crippen molar-refractivity contribution in [2.24, 2.45) is 22.9 Å². The molecule has 1 aliphatic heterocycles. The zero-order valence-corrected chi connectivity index (χ0v) is 23.1. The molecule has 3 aromatic rings. The molecule has 0 bridgehead atoms. The molecule has 5 atom stereocenters. The quantitative estimate of drug-likeness (QED) is 0.0822. The fourth-order valence-electron chi connectivity index (χ4n) is 4.42. The van der Waals surface area contributed by atoms with E-state index in [1.54, 1.807) is 27.0 Å². The fraction of sp³-hybridized carbons (Fsp3) is 0.375. The Bertz CT molecular complexity index is 1560. The Morgan fingerprint density at radius 1 is 0.636 bits per heavy atom. The highest BCUT2D eigenvalue weighted by Gasteiger charge is 2.38. The summed E-state index contributed by atoms with van der Waals surface area (Å²) < 4.78 is 4.60. The van der Waals surface area contributed by atoms with Gasteiger partial charge in [-0.1, -0.05) is 0 Å². The summed E-state index contributed by atoms with van der Waals surface area (Å²) in [6, 6.07) is -4.98. The second-order valence-electron chi connectivity index (χ2n) is 10.1. The van der Waals surface area contributed by atoms with Gasteiger partial charge in [0.15, 0.2) is 0 Å². The maximum absolute atomic E-state index is 11.7. The molecule has 0 fully saturated rings. The van der Waals surface area contributed by atoms with E-state index in [1.165, 1.54) is 40.7 Å². The van der Waals surface area contributed by atoms with Gasteiger partial charge in [-0.2, -0.15) is 0 Å². The predicted octanol–water partition coefficient (Wildman–Crippen LogP) is -3.47. The summed E-state index contributed by atoms with van der Waals surface area (Å²) in [4.78, 5) is 58.4. The molecule has 0 aliphatic carbocycles. The average molecular weight is 617 g/mol. The zero-order valence-electron chi connectivity index (χ0n) is 23.1. The van der Waals surface area contributed by atoms with E-state index in [9.17, 15) is 39.6 Å². The number of hydrogen-bond acceptors (Lipinski definition) is 13.